The number of ether oxygens (including phenoxy) is 1. The molecule has 1 N–H and O–H groups in total. The van der Waals surface area contributed by atoms with Gasteiger partial charge in [-0.15, -0.1) is 0 Å². The maximum atomic E-state index is 6.40. The molecule has 1 aromatic carbocycles. The van der Waals surface area contributed by atoms with Crippen molar-refractivity contribution in [1.29, 1.82) is 0 Å². The first-order chi connectivity index (χ1) is 9.14. The van der Waals surface area contributed by atoms with E-state index in [0.29, 0.717) is 6.04 Å². The van der Waals surface area contributed by atoms with Crippen molar-refractivity contribution >= 4 is 15.9 Å². The van der Waals surface area contributed by atoms with Gasteiger partial charge in [-0.05, 0) is 31.5 Å². The third kappa shape index (κ3) is 3.14. The summed E-state index contributed by atoms with van der Waals surface area (Å²) in [6, 6.07) is 6.80. The minimum atomic E-state index is -0.00458. The zero-order chi connectivity index (χ0) is 13.9. The Balaban J connectivity index is 2.37. The van der Waals surface area contributed by atoms with Crippen LogP contribution in [0.5, 0.6) is 5.75 Å². The molecular weight excluding hydrogens is 302 g/mol. The standard InChI is InChI=1S/C16H24BrNO/c1-4-9-16(5-2)11-14(18-6-3)13-8-7-12(17)10-15(13)19-16/h7-8,10,14,18H,4-6,9,11H2,1-3H3. The van der Waals surface area contributed by atoms with Crippen LogP contribution in [-0.4, -0.2) is 12.1 Å². The van der Waals surface area contributed by atoms with E-state index in [1.54, 1.807) is 0 Å². The molecule has 0 aromatic heterocycles. The fourth-order valence-electron chi connectivity index (χ4n) is 3.07. The van der Waals surface area contributed by atoms with E-state index in [9.17, 15) is 0 Å². The van der Waals surface area contributed by atoms with Gasteiger partial charge in [-0.3, -0.25) is 0 Å². The third-order valence-corrected chi connectivity index (χ3v) is 4.55. The van der Waals surface area contributed by atoms with Gasteiger partial charge >= 0.3 is 0 Å². The summed E-state index contributed by atoms with van der Waals surface area (Å²) < 4.78 is 7.48. The van der Waals surface area contributed by atoms with E-state index in [4.69, 9.17) is 4.74 Å². The maximum Gasteiger partial charge on any atom is 0.126 e. The summed E-state index contributed by atoms with van der Waals surface area (Å²) in [6.45, 7) is 7.63. The number of fused-ring (bicyclic) bond motifs is 1. The number of hydrogen-bond donors (Lipinski definition) is 1. The first kappa shape index (κ1) is 14.9. The first-order valence-electron chi connectivity index (χ1n) is 7.36. The Morgan fingerprint density at radius 2 is 2.16 bits per heavy atom. The Morgan fingerprint density at radius 1 is 1.37 bits per heavy atom. The molecular formula is C16H24BrNO. The van der Waals surface area contributed by atoms with Crippen molar-refractivity contribution in [2.45, 2.75) is 58.1 Å². The zero-order valence-electron chi connectivity index (χ0n) is 12.1. The van der Waals surface area contributed by atoms with E-state index in [-0.39, 0.29) is 5.60 Å². The van der Waals surface area contributed by atoms with Crippen LogP contribution in [0.3, 0.4) is 0 Å². The summed E-state index contributed by atoms with van der Waals surface area (Å²) in [5.74, 6) is 1.04. The molecule has 0 radical (unpaired) electrons. The molecule has 1 aromatic rings. The summed E-state index contributed by atoms with van der Waals surface area (Å²) in [5, 5.41) is 3.61. The molecule has 1 aliphatic heterocycles. The summed E-state index contributed by atoms with van der Waals surface area (Å²) >= 11 is 3.55. The molecule has 2 atom stereocenters. The van der Waals surface area contributed by atoms with Gasteiger partial charge < -0.3 is 10.1 Å². The van der Waals surface area contributed by atoms with Crippen molar-refractivity contribution in [1.82, 2.24) is 5.32 Å². The summed E-state index contributed by atoms with van der Waals surface area (Å²) in [7, 11) is 0. The van der Waals surface area contributed by atoms with Gasteiger partial charge in [-0.25, -0.2) is 0 Å². The van der Waals surface area contributed by atoms with Gasteiger partial charge in [0.15, 0.2) is 0 Å². The Kier molecular flexibility index (Phi) is 4.91. The molecule has 0 amide bonds. The smallest absolute Gasteiger partial charge is 0.126 e. The van der Waals surface area contributed by atoms with Gasteiger partial charge in [0.2, 0.25) is 0 Å². The van der Waals surface area contributed by atoms with E-state index in [2.05, 4.69) is 60.2 Å². The highest BCUT2D eigenvalue weighted by Crippen LogP contribution is 2.44. The second kappa shape index (κ2) is 6.27. The average molecular weight is 326 g/mol. The van der Waals surface area contributed by atoms with Crippen molar-refractivity contribution in [3.8, 4) is 5.75 Å². The van der Waals surface area contributed by atoms with Crippen LogP contribution in [0.15, 0.2) is 22.7 Å². The van der Waals surface area contributed by atoms with Gasteiger partial charge in [0.1, 0.15) is 11.4 Å². The lowest BCUT2D eigenvalue weighted by Gasteiger charge is -2.42. The van der Waals surface area contributed by atoms with E-state index < -0.39 is 0 Å². The monoisotopic (exact) mass is 325 g/mol. The van der Waals surface area contributed by atoms with Crippen LogP contribution in [0, 0.1) is 0 Å². The van der Waals surface area contributed by atoms with Crippen molar-refractivity contribution in [2.75, 3.05) is 6.54 Å². The molecule has 0 spiro atoms. The van der Waals surface area contributed by atoms with Crippen LogP contribution in [0.2, 0.25) is 0 Å². The number of nitrogens with one attached hydrogen (secondary N) is 1. The Hall–Kier alpha value is -0.540. The molecule has 0 saturated carbocycles. The van der Waals surface area contributed by atoms with Gasteiger partial charge in [0, 0.05) is 22.5 Å². The molecule has 2 nitrogen and oxygen atoms in total. The molecule has 0 saturated heterocycles. The lowest BCUT2D eigenvalue weighted by atomic mass is 9.82. The molecule has 0 aliphatic carbocycles. The number of benzene rings is 1. The quantitative estimate of drug-likeness (QED) is 0.837. The number of rotatable bonds is 5. The number of hydrogen-bond acceptors (Lipinski definition) is 2. The van der Waals surface area contributed by atoms with Gasteiger partial charge in [0.05, 0.1) is 0 Å². The van der Waals surface area contributed by atoms with Gasteiger partial charge in [-0.1, -0.05) is 49.2 Å². The fourth-order valence-corrected chi connectivity index (χ4v) is 3.41. The second-order valence-electron chi connectivity index (χ2n) is 5.39. The van der Waals surface area contributed by atoms with Crippen LogP contribution < -0.4 is 10.1 Å². The zero-order valence-corrected chi connectivity index (χ0v) is 13.7. The van der Waals surface area contributed by atoms with Crippen molar-refractivity contribution in [3.63, 3.8) is 0 Å². The SMILES string of the molecule is CCCC1(CC)CC(NCC)c2ccc(Br)cc2O1. The minimum absolute atomic E-state index is 0.00458. The Bertz CT molecular complexity index is 435. The van der Waals surface area contributed by atoms with Crippen LogP contribution in [-0.2, 0) is 0 Å². The van der Waals surface area contributed by atoms with Crippen LogP contribution >= 0.6 is 15.9 Å². The normalized spacial score (nSPS) is 25.8. The molecule has 0 fully saturated rings. The van der Waals surface area contributed by atoms with Crippen LogP contribution in [0.1, 0.15) is 58.1 Å². The Morgan fingerprint density at radius 3 is 2.79 bits per heavy atom. The predicted octanol–water partition coefficient (Wildman–Crippen LogP) is 4.83. The Labute approximate surface area is 125 Å². The van der Waals surface area contributed by atoms with Crippen molar-refractivity contribution in [2.24, 2.45) is 0 Å². The summed E-state index contributed by atoms with van der Waals surface area (Å²) in [6.07, 6.45) is 4.42. The number of halogens is 1. The molecule has 2 rings (SSSR count). The van der Waals surface area contributed by atoms with E-state index in [1.165, 1.54) is 5.56 Å². The van der Waals surface area contributed by atoms with E-state index in [0.717, 1.165) is 42.5 Å². The lowest BCUT2D eigenvalue weighted by Crippen LogP contribution is -2.43. The molecule has 0 bridgehead atoms. The third-order valence-electron chi connectivity index (χ3n) is 4.05. The maximum absolute atomic E-state index is 6.40. The topological polar surface area (TPSA) is 21.3 Å². The minimum Gasteiger partial charge on any atom is -0.487 e. The van der Waals surface area contributed by atoms with Crippen molar-refractivity contribution < 1.29 is 4.74 Å². The second-order valence-corrected chi connectivity index (χ2v) is 6.30. The van der Waals surface area contributed by atoms with E-state index >= 15 is 0 Å². The largest absolute Gasteiger partial charge is 0.487 e. The predicted molar refractivity (Wildman–Crippen MR) is 83.7 cm³/mol. The molecule has 106 valence electrons. The van der Waals surface area contributed by atoms with Gasteiger partial charge in [0.25, 0.3) is 0 Å². The summed E-state index contributed by atoms with van der Waals surface area (Å²) in [4.78, 5) is 0. The molecule has 1 aliphatic rings. The van der Waals surface area contributed by atoms with Crippen molar-refractivity contribution in [3.05, 3.63) is 28.2 Å². The first-order valence-corrected chi connectivity index (χ1v) is 8.15. The van der Waals surface area contributed by atoms with E-state index in [1.807, 2.05) is 0 Å². The highest BCUT2D eigenvalue weighted by Gasteiger charge is 2.38. The van der Waals surface area contributed by atoms with Crippen LogP contribution in [0.25, 0.3) is 0 Å². The lowest BCUT2D eigenvalue weighted by molar-refractivity contribution is 0.0180. The average Bonchev–Trinajstić information content (AvgIpc) is 2.39. The molecule has 19 heavy (non-hydrogen) atoms. The fraction of sp³-hybridized carbons (Fsp3) is 0.625. The van der Waals surface area contributed by atoms with Crippen LogP contribution in [0.4, 0.5) is 0 Å². The molecule has 2 unspecified atom stereocenters. The highest BCUT2D eigenvalue weighted by molar-refractivity contribution is 9.10. The highest BCUT2D eigenvalue weighted by atomic mass is 79.9. The molecule has 1 heterocycles. The van der Waals surface area contributed by atoms with Gasteiger partial charge in [-0.2, -0.15) is 0 Å². The molecule has 3 heteroatoms. The summed E-state index contributed by atoms with van der Waals surface area (Å²) in [5.41, 5.74) is 1.29.